The number of hydrogen-bond donors (Lipinski definition) is 1. The third kappa shape index (κ3) is 6.24. The molecule has 0 radical (unpaired) electrons. The number of halogens is 1. The highest BCUT2D eigenvalue weighted by Gasteiger charge is 2.26. The fourth-order valence-corrected chi connectivity index (χ4v) is 3.59. The van der Waals surface area contributed by atoms with Gasteiger partial charge in [0, 0.05) is 32.2 Å². The van der Waals surface area contributed by atoms with Gasteiger partial charge in [0.2, 0.25) is 0 Å². The van der Waals surface area contributed by atoms with Crippen LogP contribution in [0, 0.1) is 0 Å². The minimum absolute atomic E-state index is 0.312. The first-order valence-electron chi connectivity index (χ1n) is 10.6. The first kappa shape index (κ1) is 24.1. The Kier molecular flexibility index (Phi) is 6.87. The molecule has 1 aliphatic heterocycles. The van der Waals surface area contributed by atoms with Crippen LogP contribution in [0.25, 0.3) is 5.65 Å². The average molecular weight is 511 g/mol. The maximum atomic E-state index is 12.5. The monoisotopic (exact) mass is 510 g/mol. The molecule has 0 unspecified atom stereocenters. The molecule has 3 rings (SSSR count). The Morgan fingerprint density at radius 2 is 1.72 bits per heavy atom. The van der Waals surface area contributed by atoms with Crippen LogP contribution in [-0.4, -0.2) is 69.1 Å². The SMILES string of the molecule is CC(C)(C)OC(=O)Nc1cc(N2CCCN(C(=O)OC(C)(C)C)CC2)nc2c(Br)cnn12. The van der Waals surface area contributed by atoms with Crippen molar-refractivity contribution in [2.24, 2.45) is 0 Å². The summed E-state index contributed by atoms with van der Waals surface area (Å²) in [6.07, 6.45) is 1.50. The van der Waals surface area contributed by atoms with Gasteiger partial charge in [0.25, 0.3) is 0 Å². The van der Waals surface area contributed by atoms with E-state index in [2.05, 4.69) is 31.2 Å². The summed E-state index contributed by atoms with van der Waals surface area (Å²) in [6.45, 7) is 13.4. The number of nitrogens with one attached hydrogen (secondary N) is 1. The molecular weight excluding hydrogens is 480 g/mol. The van der Waals surface area contributed by atoms with E-state index in [1.807, 2.05) is 20.8 Å². The zero-order valence-corrected chi connectivity index (χ0v) is 21.0. The maximum Gasteiger partial charge on any atom is 0.413 e. The summed E-state index contributed by atoms with van der Waals surface area (Å²) in [7, 11) is 0. The van der Waals surface area contributed by atoms with Crippen LogP contribution < -0.4 is 10.2 Å². The summed E-state index contributed by atoms with van der Waals surface area (Å²) >= 11 is 3.47. The summed E-state index contributed by atoms with van der Waals surface area (Å²) in [5.74, 6) is 1.12. The minimum atomic E-state index is -0.625. The molecule has 2 aromatic heterocycles. The second kappa shape index (κ2) is 9.13. The van der Waals surface area contributed by atoms with Gasteiger partial charge in [0.05, 0.1) is 10.7 Å². The van der Waals surface area contributed by atoms with E-state index in [4.69, 9.17) is 14.5 Å². The van der Waals surface area contributed by atoms with Gasteiger partial charge in [-0.2, -0.15) is 9.61 Å². The van der Waals surface area contributed by atoms with E-state index >= 15 is 0 Å². The summed E-state index contributed by atoms with van der Waals surface area (Å²) in [5.41, 5.74) is -0.590. The molecular formula is C21H31BrN6O4. The van der Waals surface area contributed by atoms with Crippen LogP contribution in [0.3, 0.4) is 0 Å². The van der Waals surface area contributed by atoms with E-state index in [0.29, 0.717) is 47.9 Å². The lowest BCUT2D eigenvalue weighted by molar-refractivity contribution is 0.0263. The molecule has 32 heavy (non-hydrogen) atoms. The predicted octanol–water partition coefficient (Wildman–Crippen LogP) is 4.29. The lowest BCUT2D eigenvalue weighted by atomic mass is 10.2. The van der Waals surface area contributed by atoms with Gasteiger partial charge in [-0.15, -0.1) is 0 Å². The number of anilines is 2. The molecule has 0 aromatic carbocycles. The second-order valence-corrected chi connectivity index (χ2v) is 10.5. The molecule has 176 valence electrons. The number of carbonyl (C=O) groups is 2. The van der Waals surface area contributed by atoms with Crippen LogP contribution in [0.4, 0.5) is 21.2 Å². The Hall–Kier alpha value is -2.56. The fourth-order valence-electron chi connectivity index (χ4n) is 3.24. The number of nitrogens with zero attached hydrogens (tertiary/aromatic N) is 5. The maximum absolute atomic E-state index is 12.5. The third-order valence-electron chi connectivity index (χ3n) is 4.52. The first-order chi connectivity index (χ1) is 14.8. The second-order valence-electron chi connectivity index (χ2n) is 9.66. The van der Waals surface area contributed by atoms with Crippen molar-refractivity contribution in [2.75, 3.05) is 36.4 Å². The van der Waals surface area contributed by atoms with Gasteiger partial charge >= 0.3 is 12.2 Å². The van der Waals surface area contributed by atoms with Gasteiger partial charge in [0.1, 0.15) is 22.8 Å². The van der Waals surface area contributed by atoms with Crippen molar-refractivity contribution in [2.45, 2.75) is 59.2 Å². The molecule has 1 N–H and O–H groups in total. The molecule has 1 fully saturated rings. The normalized spacial score (nSPS) is 15.5. The molecule has 0 atom stereocenters. The van der Waals surface area contributed by atoms with Crippen molar-refractivity contribution in [1.82, 2.24) is 19.5 Å². The van der Waals surface area contributed by atoms with E-state index in [0.717, 1.165) is 6.42 Å². The Labute approximate surface area is 196 Å². The van der Waals surface area contributed by atoms with E-state index in [-0.39, 0.29) is 6.09 Å². The molecule has 2 amide bonds. The number of fused-ring (bicyclic) bond motifs is 1. The van der Waals surface area contributed by atoms with Crippen molar-refractivity contribution in [3.05, 3.63) is 16.7 Å². The molecule has 0 spiro atoms. The van der Waals surface area contributed by atoms with Crippen molar-refractivity contribution in [3.8, 4) is 0 Å². The number of ether oxygens (including phenoxy) is 2. The smallest absolute Gasteiger partial charge is 0.413 e. The number of hydrogen-bond acceptors (Lipinski definition) is 7. The minimum Gasteiger partial charge on any atom is -0.444 e. The molecule has 2 aromatic rings. The highest BCUT2D eigenvalue weighted by Crippen LogP contribution is 2.26. The molecule has 1 saturated heterocycles. The first-order valence-corrected chi connectivity index (χ1v) is 11.4. The average Bonchev–Trinajstić information content (AvgIpc) is 2.86. The quantitative estimate of drug-likeness (QED) is 0.642. The van der Waals surface area contributed by atoms with Crippen molar-refractivity contribution in [1.29, 1.82) is 0 Å². The van der Waals surface area contributed by atoms with Gasteiger partial charge in [-0.3, -0.25) is 5.32 Å². The summed E-state index contributed by atoms with van der Waals surface area (Å²) in [6, 6.07) is 1.76. The van der Waals surface area contributed by atoms with Gasteiger partial charge in [-0.1, -0.05) is 0 Å². The van der Waals surface area contributed by atoms with Crippen LogP contribution >= 0.6 is 15.9 Å². The predicted molar refractivity (Wildman–Crippen MR) is 125 cm³/mol. The van der Waals surface area contributed by atoms with Gasteiger partial charge in [-0.25, -0.2) is 14.6 Å². The lowest BCUT2D eigenvalue weighted by Gasteiger charge is -2.27. The summed E-state index contributed by atoms with van der Waals surface area (Å²) in [5, 5.41) is 7.06. The van der Waals surface area contributed by atoms with Crippen molar-refractivity contribution in [3.63, 3.8) is 0 Å². The Balaban J connectivity index is 1.82. The Bertz CT molecular complexity index is 995. The van der Waals surface area contributed by atoms with E-state index in [1.54, 1.807) is 42.4 Å². The van der Waals surface area contributed by atoms with Crippen molar-refractivity contribution < 1.29 is 19.1 Å². The number of carbonyl (C=O) groups excluding carboxylic acids is 2. The molecule has 0 bridgehead atoms. The number of amides is 2. The topological polar surface area (TPSA) is 101 Å². The van der Waals surface area contributed by atoms with Crippen LogP contribution in [0.5, 0.6) is 0 Å². The Morgan fingerprint density at radius 3 is 2.38 bits per heavy atom. The number of rotatable bonds is 2. The molecule has 0 saturated carbocycles. The number of aromatic nitrogens is 3. The van der Waals surface area contributed by atoms with E-state index in [1.165, 1.54) is 0 Å². The highest BCUT2D eigenvalue weighted by atomic mass is 79.9. The highest BCUT2D eigenvalue weighted by molar-refractivity contribution is 9.10. The zero-order chi connectivity index (χ0) is 23.7. The summed E-state index contributed by atoms with van der Waals surface area (Å²) < 4.78 is 13.2. The molecule has 10 nitrogen and oxygen atoms in total. The third-order valence-corrected chi connectivity index (χ3v) is 5.08. The van der Waals surface area contributed by atoms with Gasteiger partial charge in [0.15, 0.2) is 5.65 Å². The van der Waals surface area contributed by atoms with Crippen LogP contribution in [-0.2, 0) is 9.47 Å². The zero-order valence-electron chi connectivity index (χ0n) is 19.4. The molecule has 1 aliphatic rings. The standard InChI is InChI=1S/C21H31BrN6O4/c1-20(2,3)31-18(29)25-16-12-15(24-17-14(22)13-23-28(16)17)26-8-7-9-27(11-10-26)19(30)32-21(4,5)6/h12-13H,7-11H2,1-6H3,(H,25,29). The largest absolute Gasteiger partial charge is 0.444 e. The van der Waals surface area contributed by atoms with Crippen LogP contribution in [0.1, 0.15) is 48.0 Å². The van der Waals surface area contributed by atoms with E-state index in [9.17, 15) is 9.59 Å². The van der Waals surface area contributed by atoms with Gasteiger partial charge in [-0.05, 0) is 63.9 Å². The van der Waals surface area contributed by atoms with Gasteiger partial charge < -0.3 is 19.3 Å². The molecule has 0 aliphatic carbocycles. The van der Waals surface area contributed by atoms with Crippen LogP contribution in [0.15, 0.2) is 16.7 Å². The molecule has 11 heteroatoms. The lowest BCUT2D eigenvalue weighted by Crippen LogP contribution is -2.39. The fraction of sp³-hybridized carbons (Fsp3) is 0.619. The Morgan fingerprint density at radius 1 is 1.03 bits per heavy atom. The van der Waals surface area contributed by atoms with Crippen molar-refractivity contribution >= 4 is 45.4 Å². The van der Waals surface area contributed by atoms with Crippen LogP contribution in [0.2, 0.25) is 0 Å². The molecule has 3 heterocycles. The summed E-state index contributed by atoms with van der Waals surface area (Å²) in [4.78, 5) is 33.4. The van der Waals surface area contributed by atoms with E-state index < -0.39 is 17.3 Å².